The Balaban J connectivity index is 2.85. The molecule has 0 amide bonds. The molecule has 0 aliphatic heterocycles. The highest BCUT2D eigenvalue weighted by atomic mass is 16.5. The van der Waals surface area contributed by atoms with Crippen molar-refractivity contribution < 1.29 is 4.74 Å². The van der Waals surface area contributed by atoms with Crippen LogP contribution in [0.3, 0.4) is 0 Å². The Bertz CT molecular complexity index is 318. The van der Waals surface area contributed by atoms with Crippen LogP contribution in [0.2, 0.25) is 0 Å². The Morgan fingerprint density at radius 2 is 2.07 bits per heavy atom. The lowest BCUT2D eigenvalue weighted by Gasteiger charge is -2.03. The van der Waals surface area contributed by atoms with Gasteiger partial charge in [-0.2, -0.15) is 0 Å². The fraction of sp³-hybridized carbons (Fsp3) is 0.308. The molecule has 1 aromatic rings. The number of benzene rings is 1. The second kappa shape index (κ2) is 6.20. The summed E-state index contributed by atoms with van der Waals surface area (Å²) in [4.78, 5) is 0. The fourth-order valence-corrected chi connectivity index (χ4v) is 1.32. The third kappa shape index (κ3) is 3.21. The van der Waals surface area contributed by atoms with Crippen LogP contribution in [0.15, 0.2) is 42.1 Å². The third-order valence-electron chi connectivity index (χ3n) is 2.00. The van der Waals surface area contributed by atoms with E-state index in [1.54, 1.807) is 7.11 Å². The molecule has 0 unspecified atom stereocenters. The summed E-state index contributed by atoms with van der Waals surface area (Å²) in [7, 11) is 1.72. The maximum Gasteiger partial charge on any atom is 0.0508 e. The molecule has 1 aromatic carbocycles. The summed E-state index contributed by atoms with van der Waals surface area (Å²) in [5.41, 5.74) is 5.67. The molecule has 0 radical (unpaired) electrons. The summed E-state index contributed by atoms with van der Waals surface area (Å²) in [5, 5.41) is 0. The van der Waals surface area contributed by atoms with Gasteiger partial charge in [-0.3, -0.25) is 0 Å². The summed E-state index contributed by atoms with van der Waals surface area (Å²) in [6.45, 7) is 2.72. The van der Waals surface area contributed by atoms with Crippen molar-refractivity contribution in [3.63, 3.8) is 0 Å². The summed E-state index contributed by atoms with van der Waals surface area (Å²) in [6, 6.07) is 10.3. The van der Waals surface area contributed by atoms with Gasteiger partial charge in [0.05, 0.1) is 6.61 Å². The van der Waals surface area contributed by atoms with E-state index in [1.165, 1.54) is 11.1 Å². The predicted molar refractivity (Wildman–Crippen MR) is 60.1 cm³/mol. The molecule has 1 rings (SSSR count). The van der Waals surface area contributed by atoms with E-state index < -0.39 is 0 Å². The van der Waals surface area contributed by atoms with Crippen molar-refractivity contribution in [3.8, 4) is 0 Å². The molecule has 0 bridgehead atoms. The van der Waals surface area contributed by atoms with Crippen LogP contribution in [-0.4, -0.2) is 13.7 Å². The first kappa shape index (κ1) is 10.8. The topological polar surface area (TPSA) is 9.23 Å². The highest BCUT2D eigenvalue weighted by Crippen LogP contribution is 2.16. The number of hydrogen-bond donors (Lipinski definition) is 0. The second-order valence-electron chi connectivity index (χ2n) is 3.02. The summed E-state index contributed by atoms with van der Waals surface area (Å²) < 4.78 is 5.07. The van der Waals surface area contributed by atoms with Crippen LogP contribution in [0.4, 0.5) is 0 Å². The lowest BCUT2D eigenvalue weighted by atomic mass is 10.0. The molecule has 0 saturated heterocycles. The Labute approximate surface area is 85.7 Å². The van der Waals surface area contributed by atoms with Crippen molar-refractivity contribution in [3.05, 3.63) is 47.7 Å². The maximum absolute atomic E-state index is 5.07. The van der Waals surface area contributed by atoms with E-state index in [0.717, 1.165) is 13.0 Å². The average molecular weight is 188 g/mol. The molecule has 74 valence electrons. The van der Waals surface area contributed by atoms with Gasteiger partial charge in [0.25, 0.3) is 0 Å². The summed E-state index contributed by atoms with van der Waals surface area (Å²) in [6.07, 6.45) is 2.85. The molecule has 14 heavy (non-hydrogen) atoms. The van der Waals surface area contributed by atoms with E-state index in [4.69, 9.17) is 4.74 Å². The van der Waals surface area contributed by atoms with Crippen molar-refractivity contribution in [1.82, 2.24) is 0 Å². The van der Waals surface area contributed by atoms with Crippen LogP contribution in [0.1, 0.15) is 18.9 Å². The molecule has 0 aliphatic carbocycles. The third-order valence-corrected chi connectivity index (χ3v) is 2.00. The predicted octanol–water partition coefficient (Wildman–Crippen LogP) is 3.28. The minimum atomic E-state index is 0.741. The largest absolute Gasteiger partial charge is 0.384 e. The zero-order valence-corrected chi connectivity index (χ0v) is 8.79. The molecule has 0 aromatic heterocycles. The molecule has 0 aliphatic rings. The van der Waals surface area contributed by atoms with Gasteiger partial charge in [0.15, 0.2) is 0 Å². The van der Waals surface area contributed by atoms with E-state index in [-0.39, 0.29) is 0 Å². The van der Waals surface area contributed by atoms with Gasteiger partial charge in [0.1, 0.15) is 0 Å². The molecule has 0 fully saturated rings. The van der Waals surface area contributed by atoms with E-state index in [9.17, 15) is 0 Å². The number of rotatable bonds is 4. The zero-order chi connectivity index (χ0) is 10.2. The number of hydrogen-bond acceptors (Lipinski definition) is 1. The molecule has 1 heteroatoms. The summed E-state index contributed by atoms with van der Waals surface area (Å²) >= 11 is 0. The van der Waals surface area contributed by atoms with Crippen molar-refractivity contribution in [1.29, 1.82) is 0 Å². The molecular formula is C13H16O. The first-order chi connectivity index (χ1) is 6.88. The van der Waals surface area contributed by atoms with E-state index in [0.29, 0.717) is 0 Å². The Kier molecular flexibility index (Phi) is 4.77. The van der Waals surface area contributed by atoms with Gasteiger partial charge in [-0.05, 0) is 18.6 Å². The van der Waals surface area contributed by atoms with Crippen LogP contribution < -0.4 is 0 Å². The first-order valence-corrected chi connectivity index (χ1v) is 4.83. The standard InChI is InChI=1S/C13H16O/c1-3-7-12(10-11-14-2)13-8-5-4-6-9-13/h3-6,8-9H,10-11H2,1-2H3. The van der Waals surface area contributed by atoms with Crippen LogP contribution in [0.25, 0.3) is 5.57 Å². The number of ether oxygens (including phenoxy) is 1. The van der Waals surface area contributed by atoms with E-state index in [1.807, 2.05) is 31.2 Å². The first-order valence-electron chi connectivity index (χ1n) is 4.83. The average Bonchev–Trinajstić information content (AvgIpc) is 2.25. The van der Waals surface area contributed by atoms with Gasteiger partial charge in [0, 0.05) is 19.1 Å². The molecule has 0 spiro atoms. The minimum Gasteiger partial charge on any atom is -0.384 e. The highest BCUT2D eigenvalue weighted by Gasteiger charge is 1.98. The van der Waals surface area contributed by atoms with E-state index in [2.05, 4.69) is 17.9 Å². The monoisotopic (exact) mass is 188 g/mol. The lowest BCUT2D eigenvalue weighted by molar-refractivity contribution is 0.206. The number of methoxy groups -OCH3 is 1. The Morgan fingerprint density at radius 1 is 1.36 bits per heavy atom. The van der Waals surface area contributed by atoms with Crippen LogP contribution >= 0.6 is 0 Å². The zero-order valence-electron chi connectivity index (χ0n) is 8.79. The van der Waals surface area contributed by atoms with Gasteiger partial charge in [-0.25, -0.2) is 0 Å². The van der Waals surface area contributed by atoms with Crippen molar-refractivity contribution in [2.75, 3.05) is 13.7 Å². The highest BCUT2D eigenvalue weighted by molar-refractivity contribution is 5.64. The van der Waals surface area contributed by atoms with Gasteiger partial charge < -0.3 is 4.74 Å². The molecule has 0 saturated carbocycles. The smallest absolute Gasteiger partial charge is 0.0508 e. The molecule has 0 heterocycles. The lowest BCUT2D eigenvalue weighted by Crippen LogP contribution is -1.91. The second-order valence-corrected chi connectivity index (χ2v) is 3.02. The van der Waals surface area contributed by atoms with Crippen molar-refractivity contribution in [2.24, 2.45) is 0 Å². The molecule has 0 atom stereocenters. The maximum atomic E-state index is 5.07. The van der Waals surface area contributed by atoms with Gasteiger partial charge in [0.2, 0.25) is 0 Å². The van der Waals surface area contributed by atoms with Crippen molar-refractivity contribution in [2.45, 2.75) is 13.3 Å². The SMILES string of the molecule is CC=C=C(CCOC)c1ccccc1. The minimum absolute atomic E-state index is 0.741. The van der Waals surface area contributed by atoms with Crippen LogP contribution in [0.5, 0.6) is 0 Å². The van der Waals surface area contributed by atoms with Gasteiger partial charge in [-0.1, -0.05) is 30.3 Å². The Hall–Kier alpha value is -1.30. The van der Waals surface area contributed by atoms with Crippen molar-refractivity contribution >= 4 is 5.57 Å². The molecule has 0 N–H and O–H groups in total. The van der Waals surface area contributed by atoms with Crippen LogP contribution in [-0.2, 0) is 4.74 Å². The summed E-state index contributed by atoms with van der Waals surface area (Å²) in [5.74, 6) is 0. The molecular weight excluding hydrogens is 172 g/mol. The van der Waals surface area contributed by atoms with E-state index >= 15 is 0 Å². The molecule has 1 nitrogen and oxygen atoms in total. The van der Waals surface area contributed by atoms with Gasteiger partial charge >= 0.3 is 0 Å². The quantitative estimate of drug-likeness (QED) is 0.659. The Morgan fingerprint density at radius 3 is 2.64 bits per heavy atom. The van der Waals surface area contributed by atoms with Crippen LogP contribution in [0, 0.1) is 0 Å². The normalized spacial score (nSPS) is 9.29. The fourth-order valence-electron chi connectivity index (χ4n) is 1.32. The van der Waals surface area contributed by atoms with Gasteiger partial charge in [-0.15, -0.1) is 5.73 Å².